The van der Waals surface area contributed by atoms with E-state index in [1.807, 2.05) is 13.8 Å². The van der Waals surface area contributed by atoms with Crippen molar-refractivity contribution in [1.82, 2.24) is 0 Å². The molecule has 2 nitrogen and oxygen atoms in total. The molecule has 14 heavy (non-hydrogen) atoms. The largest absolute Gasteiger partial charge is 0.325 e. The Kier molecular flexibility index (Phi) is 2.06. The molecule has 0 saturated carbocycles. The van der Waals surface area contributed by atoms with E-state index in [1.54, 1.807) is 0 Å². The molecule has 1 amide bonds. The maximum absolute atomic E-state index is 11.5. The van der Waals surface area contributed by atoms with Crippen molar-refractivity contribution < 1.29 is 4.79 Å². The van der Waals surface area contributed by atoms with Gasteiger partial charge in [-0.1, -0.05) is 24.6 Å². The molecule has 1 atom stereocenters. The number of anilines is 1. The Morgan fingerprint density at radius 1 is 1.36 bits per heavy atom. The van der Waals surface area contributed by atoms with Crippen LogP contribution in [0.15, 0.2) is 12.1 Å². The topological polar surface area (TPSA) is 29.1 Å². The van der Waals surface area contributed by atoms with Gasteiger partial charge in [-0.05, 0) is 31.4 Å². The van der Waals surface area contributed by atoms with Gasteiger partial charge in [0.1, 0.15) is 0 Å². The Labute approximate surface area is 84.3 Å². The average molecular weight is 189 g/mol. The van der Waals surface area contributed by atoms with Crippen molar-refractivity contribution in [3.05, 3.63) is 28.8 Å². The van der Waals surface area contributed by atoms with Gasteiger partial charge in [0, 0.05) is 11.6 Å². The van der Waals surface area contributed by atoms with Gasteiger partial charge in [0.15, 0.2) is 0 Å². The summed E-state index contributed by atoms with van der Waals surface area (Å²) in [5.41, 5.74) is 4.73. The molecule has 0 spiro atoms. The van der Waals surface area contributed by atoms with Crippen LogP contribution in [0.25, 0.3) is 0 Å². The van der Waals surface area contributed by atoms with Crippen LogP contribution in [0.4, 0.5) is 5.69 Å². The Balaban J connectivity index is 2.51. The minimum Gasteiger partial charge on any atom is -0.325 e. The number of carbonyl (C=O) groups excluding carboxylic acids is 1. The molecule has 0 aromatic heterocycles. The molecule has 1 aromatic carbocycles. The highest BCUT2D eigenvalue weighted by molar-refractivity contribution is 5.96. The molecule has 0 bridgehead atoms. The molecule has 1 unspecified atom stereocenters. The van der Waals surface area contributed by atoms with Gasteiger partial charge in [-0.3, -0.25) is 4.79 Å². The second-order valence-electron chi connectivity index (χ2n) is 4.21. The molecular weight excluding hydrogens is 174 g/mol. The summed E-state index contributed by atoms with van der Waals surface area (Å²) in [4.78, 5) is 11.5. The van der Waals surface area contributed by atoms with Crippen molar-refractivity contribution in [2.45, 2.75) is 27.2 Å². The second-order valence-corrected chi connectivity index (χ2v) is 4.21. The predicted molar refractivity (Wildman–Crippen MR) is 57.4 cm³/mol. The van der Waals surface area contributed by atoms with E-state index >= 15 is 0 Å². The quantitative estimate of drug-likeness (QED) is 0.667. The van der Waals surface area contributed by atoms with Gasteiger partial charge in [0.2, 0.25) is 5.91 Å². The van der Waals surface area contributed by atoms with E-state index in [0.29, 0.717) is 0 Å². The summed E-state index contributed by atoms with van der Waals surface area (Å²) in [5, 5.41) is 2.97. The van der Waals surface area contributed by atoms with Crippen molar-refractivity contribution in [1.29, 1.82) is 0 Å². The first-order chi connectivity index (χ1) is 6.58. The highest BCUT2D eigenvalue weighted by Crippen LogP contribution is 2.29. The standard InChI is InChI=1S/C12H15NO/c1-7-4-8(2)11-10(5-7)6-9(3)12(14)13-11/h4-5,9H,6H2,1-3H3,(H,13,14). The van der Waals surface area contributed by atoms with Gasteiger partial charge < -0.3 is 5.32 Å². The number of hydrogen-bond donors (Lipinski definition) is 1. The summed E-state index contributed by atoms with van der Waals surface area (Å²) in [6, 6.07) is 4.27. The second kappa shape index (κ2) is 3.12. The van der Waals surface area contributed by atoms with E-state index in [2.05, 4.69) is 24.4 Å². The van der Waals surface area contributed by atoms with Crippen LogP contribution in [0.5, 0.6) is 0 Å². The lowest BCUT2D eigenvalue weighted by molar-refractivity contribution is -0.119. The first-order valence-electron chi connectivity index (χ1n) is 4.99. The van der Waals surface area contributed by atoms with E-state index in [9.17, 15) is 4.79 Å². The Bertz CT molecular complexity index is 396. The zero-order valence-corrected chi connectivity index (χ0v) is 8.85. The van der Waals surface area contributed by atoms with Crippen molar-refractivity contribution in [2.75, 3.05) is 5.32 Å². The Hall–Kier alpha value is -1.31. The van der Waals surface area contributed by atoms with Gasteiger partial charge >= 0.3 is 0 Å². The lowest BCUT2D eigenvalue weighted by Crippen LogP contribution is -2.28. The number of nitrogens with one attached hydrogen (secondary N) is 1. The monoisotopic (exact) mass is 189 g/mol. The van der Waals surface area contributed by atoms with Crippen LogP contribution in [0, 0.1) is 19.8 Å². The smallest absolute Gasteiger partial charge is 0.227 e. The minimum atomic E-state index is 0.101. The van der Waals surface area contributed by atoms with Crippen LogP contribution >= 0.6 is 0 Å². The van der Waals surface area contributed by atoms with E-state index in [-0.39, 0.29) is 11.8 Å². The number of amides is 1. The van der Waals surface area contributed by atoms with E-state index < -0.39 is 0 Å². The molecule has 0 saturated heterocycles. The fraction of sp³-hybridized carbons (Fsp3) is 0.417. The fourth-order valence-corrected chi connectivity index (χ4v) is 2.06. The minimum absolute atomic E-state index is 0.101. The molecule has 2 rings (SSSR count). The number of rotatable bonds is 0. The van der Waals surface area contributed by atoms with Crippen molar-refractivity contribution in [3.63, 3.8) is 0 Å². The third-order valence-electron chi connectivity index (χ3n) is 2.78. The SMILES string of the molecule is Cc1cc(C)c2c(c1)CC(C)C(=O)N2. The van der Waals surface area contributed by atoms with Gasteiger partial charge in [-0.2, -0.15) is 0 Å². The molecule has 74 valence electrons. The van der Waals surface area contributed by atoms with Gasteiger partial charge in [0.05, 0.1) is 0 Å². The molecular formula is C12H15NO. The fourth-order valence-electron chi connectivity index (χ4n) is 2.06. The summed E-state index contributed by atoms with van der Waals surface area (Å²) >= 11 is 0. The summed E-state index contributed by atoms with van der Waals surface area (Å²) in [6.07, 6.45) is 0.865. The van der Waals surface area contributed by atoms with E-state index in [4.69, 9.17) is 0 Å². The average Bonchev–Trinajstić information content (AvgIpc) is 2.08. The normalized spacial score (nSPS) is 20.2. The number of hydrogen-bond acceptors (Lipinski definition) is 1. The predicted octanol–water partition coefficient (Wildman–Crippen LogP) is 2.43. The van der Waals surface area contributed by atoms with Crippen LogP contribution in [0.2, 0.25) is 0 Å². The zero-order chi connectivity index (χ0) is 10.3. The molecule has 0 aliphatic carbocycles. The first-order valence-corrected chi connectivity index (χ1v) is 4.99. The molecule has 1 N–H and O–H groups in total. The maximum atomic E-state index is 11.5. The highest BCUT2D eigenvalue weighted by Gasteiger charge is 2.23. The molecule has 1 aromatic rings. The van der Waals surface area contributed by atoms with E-state index in [1.165, 1.54) is 16.7 Å². The Morgan fingerprint density at radius 2 is 2.07 bits per heavy atom. The van der Waals surface area contributed by atoms with Gasteiger partial charge in [-0.25, -0.2) is 0 Å². The third-order valence-corrected chi connectivity index (χ3v) is 2.78. The van der Waals surface area contributed by atoms with Crippen molar-refractivity contribution >= 4 is 11.6 Å². The van der Waals surface area contributed by atoms with Crippen LogP contribution in [-0.2, 0) is 11.2 Å². The zero-order valence-electron chi connectivity index (χ0n) is 8.85. The molecule has 1 heterocycles. The van der Waals surface area contributed by atoms with E-state index in [0.717, 1.165) is 12.1 Å². The molecule has 0 radical (unpaired) electrons. The molecule has 2 heteroatoms. The maximum Gasteiger partial charge on any atom is 0.227 e. The Morgan fingerprint density at radius 3 is 2.79 bits per heavy atom. The number of fused-ring (bicyclic) bond motifs is 1. The third kappa shape index (κ3) is 1.41. The number of aryl methyl sites for hydroxylation is 2. The molecule has 1 aliphatic heterocycles. The lowest BCUT2D eigenvalue weighted by Gasteiger charge is -2.24. The van der Waals surface area contributed by atoms with Gasteiger partial charge in [-0.15, -0.1) is 0 Å². The highest BCUT2D eigenvalue weighted by atomic mass is 16.1. The summed E-state index contributed by atoms with van der Waals surface area (Å²) in [6.45, 7) is 6.10. The van der Waals surface area contributed by atoms with Crippen LogP contribution in [-0.4, -0.2) is 5.91 Å². The van der Waals surface area contributed by atoms with Crippen molar-refractivity contribution in [3.8, 4) is 0 Å². The van der Waals surface area contributed by atoms with Crippen LogP contribution in [0.3, 0.4) is 0 Å². The van der Waals surface area contributed by atoms with Gasteiger partial charge in [0.25, 0.3) is 0 Å². The first kappa shape index (κ1) is 9.25. The summed E-state index contributed by atoms with van der Waals surface area (Å²) in [7, 11) is 0. The number of carbonyl (C=O) groups is 1. The van der Waals surface area contributed by atoms with Crippen LogP contribution < -0.4 is 5.32 Å². The molecule has 1 aliphatic rings. The summed E-state index contributed by atoms with van der Waals surface area (Å²) < 4.78 is 0. The lowest BCUT2D eigenvalue weighted by atomic mass is 9.91. The molecule has 0 fully saturated rings. The van der Waals surface area contributed by atoms with Crippen LogP contribution in [0.1, 0.15) is 23.6 Å². The summed E-state index contributed by atoms with van der Waals surface area (Å²) in [5.74, 6) is 0.244. The number of benzene rings is 1. The van der Waals surface area contributed by atoms with Crippen molar-refractivity contribution in [2.24, 2.45) is 5.92 Å².